The highest BCUT2D eigenvalue weighted by Gasteiger charge is 2.12. The number of rotatable bonds is 1. The van der Waals surface area contributed by atoms with E-state index in [1.54, 1.807) is 0 Å². The van der Waals surface area contributed by atoms with Crippen molar-refractivity contribution in [2.45, 2.75) is 19.8 Å². The fourth-order valence-corrected chi connectivity index (χ4v) is 1.89. The molecule has 0 aromatic carbocycles. The van der Waals surface area contributed by atoms with Crippen LogP contribution >= 0.6 is 0 Å². The van der Waals surface area contributed by atoms with Crippen LogP contribution in [0.4, 0.5) is 0 Å². The summed E-state index contributed by atoms with van der Waals surface area (Å²) in [6.45, 7) is 5.74. The van der Waals surface area contributed by atoms with Crippen LogP contribution in [0.1, 0.15) is 18.2 Å². The van der Waals surface area contributed by atoms with Gasteiger partial charge in [0.15, 0.2) is 0 Å². The molecular weight excluding hydrogens is 160 g/mol. The zero-order chi connectivity index (χ0) is 9.10. The molecule has 1 aliphatic rings. The highest BCUT2D eigenvalue weighted by atomic mass is 15.1. The molecule has 0 saturated carbocycles. The summed E-state index contributed by atoms with van der Waals surface area (Å²) in [4.78, 5) is 6.91. The molecule has 0 N–H and O–H groups in total. The first kappa shape index (κ1) is 8.70. The van der Waals surface area contributed by atoms with Gasteiger partial charge >= 0.3 is 0 Å². The van der Waals surface area contributed by atoms with Gasteiger partial charge in [-0.3, -0.25) is 4.98 Å². The molecule has 0 spiro atoms. The van der Waals surface area contributed by atoms with E-state index in [0.29, 0.717) is 0 Å². The van der Waals surface area contributed by atoms with E-state index in [1.807, 2.05) is 12.3 Å². The maximum atomic E-state index is 4.42. The van der Waals surface area contributed by atoms with E-state index in [-0.39, 0.29) is 0 Å². The van der Waals surface area contributed by atoms with Gasteiger partial charge in [-0.1, -0.05) is 13.0 Å². The predicted molar refractivity (Wildman–Crippen MR) is 53.8 cm³/mol. The van der Waals surface area contributed by atoms with Crippen LogP contribution in [-0.2, 0) is 12.8 Å². The Morgan fingerprint density at radius 1 is 1.38 bits per heavy atom. The summed E-state index contributed by atoms with van der Waals surface area (Å²) in [6, 6.07) is 4.25. The molecule has 0 radical (unpaired) electrons. The number of fused-ring (bicyclic) bond motifs is 1. The van der Waals surface area contributed by atoms with Gasteiger partial charge in [-0.25, -0.2) is 0 Å². The fourth-order valence-electron chi connectivity index (χ4n) is 1.89. The van der Waals surface area contributed by atoms with Gasteiger partial charge in [-0.2, -0.15) is 0 Å². The number of pyridine rings is 1. The molecule has 13 heavy (non-hydrogen) atoms. The first-order valence-corrected chi connectivity index (χ1v) is 5.05. The lowest BCUT2D eigenvalue weighted by atomic mass is 10.1. The summed E-state index contributed by atoms with van der Waals surface area (Å²) < 4.78 is 0. The predicted octanol–water partition coefficient (Wildman–Crippen LogP) is 1.50. The number of hydrogen-bond donors (Lipinski definition) is 0. The van der Waals surface area contributed by atoms with Gasteiger partial charge < -0.3 is 4.90 Å². The van der Waals surface area contributed by atoms with E-state index in [4.69, 9.17) is 0 Å². The van der Waals surface area contributed by atoms with Crippen LogP contribution in [0, 0.1) is 0 Å². The first-order valence-electron chi connectivity index (χ1n) is 5.05. The normalized spacial score (nSPS) is 17.9. The number of nitrogens with zero attached hydrogens (tertiary/aromatic N) is 2. The lowest BCUT2D eigenvalue weighted by molar-refractivity contribution is 0.303. The zero-order valence-corrected chi connectivity index (χ0v) is 8.16. The van der Waals surface area contributed by atoms with Gasteiger partial charge in [-0.05, 0) is 24.6 Å². The second-order valence-electron chi connectivity index (χ2n) is 3.54. The van der Waals surface area contributed by atoms with Crippen molar-refractivity contribution in [1.82, 2.24) is 9.88 Å². The third-order valence-electron chi connectivity index (χ3n) is 2.79. The Kier molecular flexibility index (Phi) is 2.60. The molecule has 0 amide bonds. The van der Waals surface area contributed by atoms with Crippen molar-refractivity contribution in [3.63, 3.8) is 0 Å². The van der Waals surface area contributed by atoms with Gasteiger partial charge in [0.2, 0.25) is 0 Å². The molecule has 2 heterocycles. The van der Waals surface area contributed by atoms with E-state index in [1.165, 1.54) is 24.3 Å². The summed E-state index contributed by atoms with van der Waals surface area (Å²) in [5.74, 6) is 0. The van der Waals surface area contributed by atoms with E-state index >= 15 is 0 Å². The van der Waals surface area contributed by atoms with E-state index in [9.17, 15) is 0 Å². The van der Waals surface area contributed by atoms with Crippen LogP contribution in [0.3, 0.4) is 0 Å². The average Bonchev–Trinajstić information content (AvgIpc) is 2.39. The molecule has 1 aromatic heterocycles. The first-order chi connectivity index (χ1) is 6.40. The second-order valence-corrected chi connectivity index (χ2v) is 3.54. The van der Waals surface area contributed by atoms with Gasteiger partial charge in [0, 0.05) is 31.4 Å². The van der Waals surface area contributed by atoms with Gasteiger partial charge in [0.1, 0.15) is 0 Å². The highest BCUT2D eigenvalue weighted by molar-refractivity contribution is 5.21. The van der Waals surface area contributed by atoms with Crippen molar-refractivity contribution >= 4 is 0 Å². The summed E-state index contributed by atoms with van der Waals surface area (Å²) >= 11 is 0. The molecule has 2 nitrogen and oxygen atoms in total. The van der Waals surface area contributed by atoms with Crippen LogP contribution < -0.4 is 0 Å². The number of likely N-dealkylation sites (N-methyl/N-ethyl adjacent to an activating group) is 1. The molecule has 2 rings (SSSR count). The van der Waals surface area contributed by atoms with Crippen molar-refractivity contribution in [1.29, 1.82) is 0 Å². The molecule has 0 bridgehead atoms. The Morgan fingerprint density at radius 3 is 3.08 bits per heavy atom. The maximum absolute atomic E-state index is 4.42. The van der Waals surface area contributed by atoms with Gasteiger partial charge in [-0.15, -0.1) is 0 Å². The molecule has 0 aliphatic carbocycles. The summed E-state index contributed by atoms with van der Waals surface area (Å²) in [7, 11) is 0. The van der Waals surface area contributed by atoms with E-state index in [2.05, 4.69) is 22.9 Å². The summed E-state index contributed by atoms with van der Waals surface area (Å²) in [5, 5.41) is 0. The number of aromatic nitrogens is 1. The SMILES string of the molecule is CCN1CCc2cccnc2CC1. The maximum Gasteiger partial charge on any atom is 0.0448 e. The topological polar surface area (TPSA) is 16.1 Å². The van der Waals surface area contributed by atoms with E-state index < -0.39 is 0 Å². The van der Waals surface area contributed by atoms with Crippen molar-refractivity contribution in [2.75, 3.05) is 19.6 Å². The monoisotopic (exact) mass is 176 g/mol. The molecule has 2 heteroatoms. The fraction of sp³-hybridized carbons (Fsp3) is 0.545. The average molecular weight is 176 g/mol. The Morgan fingerprint density at radius 2 is 2.23 bits per heavy atom. The highest BCUT2D eigenvalue weighted by Crippen LogP contribution is 2.12. The molecule has 1 aromatic rings. The van der Waals surface area contributed by atoms with Crippen molar-refractivity contribution in [2.24, 2.45) is 0 Å². The molecule has 0 fully saturated rings. The Hall–Kier alpha value is -0.890. The standard InChI is InChI=1S/C11H16N2/c1-2-13-8-5-10-4-3-7-12-11(10)6-9-13/h3-4,7H,2,5-6,8-9H2,1H3. The summed E-state index contributed by atoms with van der Waals surface area (Å²) in [5.41, 5.74) is 2.75. The van der Waals surface area contributed by atoms with Gasteiger partial charge in [0.05, 0.1) is 0 Å². The number of hydrogen-bond acceptors (Lipinski definition) is 2. The zero-order valence-electron chi connectivity index (χ0n) is 8.16. The Balaban J connectivity index is 2.17. The van der Waals surface area contributed by atoms with E-state index in [0.717, 1.165) is 19.4 Å². The minimum absolute atomic E-state index is 1.12. The smallest absolute Gasteiger partial charge is 0.0448 e. The van der Waals surface area contributed by atoms with Crippen LogP contribution in [0.2, 0.25) is 0 Å². The third-order valence-corrected chi connectivity index (χ3v) is 2.79. The van der Waals surface area contributed by atoms with Gasteiger partial charge in [0.25, 0.3) is 0 Å². The van der Waals surface area contributed by atoms with Crippen LogP contribution in [0.25, 0.3) is 0 Å². The quantitative estimate of drug-likeness (QED) is 0.644. The molecule has 0 atom stereocenters. The Bertz CT molecular complexity index is 256. The van der Waals surface area contributed by atoms with Crippen molar-refractivity contribution < 1.29 is 0 Å². The molecule has 0 saturated heterocycles. The minimum atomic E-state index is 1.12. The van der Waals surface area contributed by atoms with Crippen LogP contribution in [-0.4, -0.2) is 29.5 Å². The molecule has 0 unspecified atom stereocenters. The Labute approximate surface area is 79.6 Å². The van der Waals surface area contributed by atoms with Crippen molar-refractivity contribution in [3.8, 4) is 0 Å². The third kappa shape index (κ3) is 1.89. The van der Waals surface area contributed by atoms with Crippen molar-refractivity contribution in [3.05, 3.63) is 29.6 Å². The largest absolute Gasteiger partial charge is 0.303 e. The van der Waals surface area contributed by atoms with Crippen LogP contribution in [0.5, 0.6) is 0 Å². The lowest BCUT2D eigenvalue weighted by Crippen LogP contribution is -2.25. The molecular formula is C11H16N2. The van der Waals surface area contributed by atoms with Crippen LogP contribution in [0.15, 0.2) is 18.3 Å². The minimum Gasteiger partial charge on any atom is -0.303 e. The second kappa shape index (κ2) is 3.88. The lowest BCUT2D eigenvalue weighted by Gasteiger charge is -2.15. The summed E-state index contributed by atoms with van der Waals surface area (Å²) in [6.07, 6.45) is 4.18. The molecule has 70 valence electrons. The molecule has 1 aliphatic heterocycles.